The molecule has 0 aromatic heterocycles. The van der Waals surface area contributed by atoms with E-state index in [0.29, 0.717) is 17.8 Å². The zero-order valence-electron chi connectivity index (χ0n) is 12.1. The highest BCUT2D eigenvalue weighted by Gasteiger charge is 2.55. The first-order valence-electron chi connectivity index (χ1n) is 7.67. The zero-order chi connectivity index (χ0) is 15.2. The lowest BCUT2D eigenvalue weighted by Gasteiger charge is -2.56. The molecule has 0 aliphatic heterocycles. The molecule has 21 heavy (non-hydrogen) atoms. The Bertz CT molecular complexity index is 437. The van der Waals surface area contributed by atoms with Crippen molar-refractivity contribution in [3.63, 3.8) is 0 Å². The summed E-state index contributed by atoms with van der Waals surface area (Å²) in [6.07, 6.45) is 6.19. The van der Waals surface area contributed by atoms with Gasteiger partial charge in [0, 0.05) is 0 Å². The van der Waals surface area contributed by atoms with E-state index in [1.807, 2.05) is 0 Å². The van der Waals surface area contributed by atoms with Crippen LogP contribution in [-0.2, 0) is 14.4 Å². The molecular formula is C15H22N2O4. The van der Waals surface area contributed by atoms with Gasteiger partial charge in [0.1, 0.15) is 6.54 Å². The second-order valence-electron chi connectivity index (χ2n) is 7.22. The minimum absolute atomic E-state index is 0.164. The fraction of sp³-hybridized carbons (Fsp3) is 0.800. The number of carboxylic acid groups (broad SMARTS) is 1. The number of hydrogen-bond donors (Lipinski definition) is 2. The van der Waals surface area contributed by atoms with Gasteiger partial charge in [0.2, 0.25) is 11.8 Å². The van der Waals surface area contributed by atoms with Crippen molar-refractivity contribution in [1.82, 2.24) is 4.90 Å². The standard InChI is InChI=1S/C15H22N2O4/c16-12(18)7-17(8-13(19)20)14(21)15-4-9-1-10(5-15)3-11(2-9)6-15/h9-11H,1-8H2,(H2,16,18)(H,19,20). The quantitative estimate of drug-likeness (QED) is 0.775. The van der Waals surface area contributed by atoms with Gasteiger partial charge in [0.15, 0.2) is 0 Å². The van der Waals surface area contributed by atoms with Crippen molar-refractivity contribution in [2.75, 3.05) is 13.1 Å². The van der Waals surface area contributed by atoms with Crippen LogP contribution in [0.3, 0.4) is 0 Å². The summed E-state index contributed by atoms with van der Waals surface area (Å²) in [4.78, 5) is 36.2. The van der Waals surface area contributed by atoms with Gasteiger partial charge >= 0.3 is 5.97 Å². The molecule has 116 valence electrons. The Morgan fingerprint density at radius 3 is 1.86 bits per heavy atom. The first-order valence-corrected chi connectivity index (χ1v) is 7.67. The van der Waals surface area contributed by atoms with Gasteiger partial charge in [0.05, 0.1) is 12.0 Å². The number of carboxylic acids is 1. The SMILES string of the molecule is NC(=O)CN(CC(=O)O)C(=O)C12CC3CC(CC(C3)C1)C2. The van der Waals surface area contributed by atoms with Crippen molar-refractivity contribution < 1.29 is 19.5 Å². The van der Waals surface area contributed by atoms with E-state index < -0.39 is 23.8 Å². The minimum Gasteiger partial charge on any atom is -0.480 e. The molecule has 0 radical (unpaired) electrons. The summed E-state index contributed by atoms with van der Waals surface area (Å²) in [7, 11) is 0. The summed E-state index contributed by atoms with van der Waals surface area (Å²) >= 11 is 0. The smallest absolute Gasteiger partial charge is 0.323 e. The minimum atomic E-state index is -1.10. The topological polar surface area (TPSA) is 101 Å². The van der Waals surface area contributed by atoms with Crippen LogP contribution in [0.15, 0.2) is 0 Å². The summed E-state index contributed by atoms with van der Waals surface area (Å²) in [5.74, 6) is -0.132. The number of primary amides is 1. The van der Waals surface area contributed by atoms with E-state index in [4.69, 9.17) is 10.8 Å². The van der Waals surface area contributed by atoms with Crippen molar-refractivity contribution in [2.45, 2.75) is 38.5 Å². The number of nitrogens with two attached hydrogens (primary N) is 1. The highest BCUT2D eigenvalue weighted by atomic mass is 16.4. The normalized spacial score (nSPS) is 36.5. The molecule has 0 heterocycles. The van der Waals surface area contributed by atoms with Crippen molar-refractivity contribution in [1.29, 1.82) is 0 Å². The molecule has 6 nitrogen and oxygen atoms in total. The van der Waals surface area contributed by atoms with E-state index in [9.17, 15) is 14.4 Å². The van der Waals surface area contributed by atoms with Crippen LogP contribution in [0, 0.1) is 23.2 Å². The highest BCUT2D eigenvalue weighted by molar-refractivity contribution is 5.90. The molecule has 0 atom stereocenters. The molecule has 3 N–H and O–H groups in total. The van der Waals surface area contributed by atoms with Crippen LogP contribution in [0.4, 0.5) is 0 Å². The van der Waals surface area contributed by atoms with Gasteiger partial charge in [-0.2, -0.15) is 0 Å². The number of nitrogens with zero attached hydrogens (tertiary/aromatic N) is 1. The van der Waals surface area contributed by atoms with Crippen molar-refractivity contribution >= 4 is 17.8 Å². The largest absolute Gasteiger partial charge is 0.480 e. The highest BCUT2D eigenvalue weighted by Crippen LogP contribution is 2.60. The van der Waals surface area contributed by atoms with Crippen molar-refractivity contribution in [2.24, 2.45) is 28.9 Å². The van der Waals surface area contributed by atoms with Gasteiger partial charge < -0.3 is 15.7 Å². The van der Waals surface area contributed by atoms with Gasteiger partial charge in [-0.1, -0.05) is 0 Å². The molecule has 0 aromatic rings. The fourth-order valence-electron chi connectivity index (χ4n) is 5.26. The lowest BCUT2D eigenvalue weighted by molar-refractivity contribution is -0.162. The summed E-state index contributed by atoms with van der Waals surface area (Å²) in [5, 5.41) is 8.98. The molecular weight excluding hydrogens is 272 g/mol. The number of rotatable bonds is 5. The predicted octanol–water partition coefficient (Wildman–Crippen LogP) is 0.601. The molecule has 4 aliphatic carbocycles. The second kappa shape index (κ2) is 5.00. The predicted molar refractivity (Wildman–Crippen MR) is 74.0 cm³/mol. The number of aliphatic carboxylic acids is 1. The van der Waals surface area contributed by atoms with Crippen LogP contribution in [0.2, 0.25) is 0 Å². The van der Waals surface area contributed by atoms with E-state index in [1.54, 1.807) is 0 Å². The molecule has 4 bridgehead atoms. The Kier molecular flexibility index (Phi) is 3.42. The molecule has 6 heteroatoms. The lowest BCUT2D eigenvalue weighted by Crippen LogP contribution is -2.56. The maximum atomic E-state index is 12.9. The first-order chi connectivity index (χ1) is 9.88. The van der Waals surface area contributed by atoms with Crippen LogP contribution in [0.5, 0.6) is 0 Å². The fourth-order valence-corrected chi connectivity index (χ4v) is 5.26. The Balaban J connectivity index is 1.81. The maximum Gasteiger partial charge on any atom is 0.323 e. The van der Waals surface area contributed by atoms with Crippen LogP contribution < -0.4 is 5.73 Å². The number of carbonyl (C=O) groups is 3. The molecule has 4 rings (SSSR count). The number of carbonyl (C=O) groups excluding carboxylic acids is 2. The molecule has 0 saturated heterocycles. The summed E-state index contributed by atoms with van der Waals surface area (Å²) < 4.78 is 0. The Morgan fingerprint density at radius 1 is 1.00 bits per heavy atom. The van der Waals surface area contributed by atoms with Crippen LogP contribution in [-0.4, -0.2) is 40.9 Å². The third-order valence-corrected chi connectivity index (χ3v) is 5.45. The number of amides is 2. The average molecular weight is 294 g/mol. The van der Waals surface area contributed by atoms with Crippen molar-refractivity contribution in [3.8, 4) is 0 Å². The van der Waals surface area contributed by atoms with Gasteiger partial charge in [-0.3, -0.25) is 14.4 Å². The van der Waals surface area contributed by atoms with E-state index in [0.717, 1.165) is 24.2 Å². The van der Waals surface area contributed by atoms with Crippen molar-refractivity contribution in [3.05, 3.63) is 0 Å². The molecule has 0 aromatic carbocycles. The van der Waals surface area contributed by atoms with E-state index in [2.05, 4.69) is 0 Å². The molecule has 4 fully saturated rings. The number of hydrogen-bond acceptors (Lipinski definition) is 3. The summed E-state index contributed by atoms with van der Waals surface area (Å²) in [5.41, 5.74) is 4.74. The van der Waals surface area contributed by atoms with Gasteiger partial charge in [0.25, 0.3) is 0 Å². The first kappa shape index (κ1) is 14.4. The monoisotopic (exact) mass is 294 g/mol. The third-order valence-electron chi connectivity index (χ3n) is 5.45. The Hall–Kier alpha value is -1.59. The maximum absolute atomic E-state index is 12.9. The van der Waals surface area contributed by atoms with Crippen LogP contribution in [0.1, 0.15) is 38.5 Å². The lowest BCUT2D eigenvalue weighted by atomic mass is 9.49. The average Bonchev–Trinajstić information content (AvgIpc) is 2.34. The molecule has 4 saturated carbocycles. The van der Waals surface area contributed by atoms with Gasteiger partial charge in [-0.05, 0) is 56.3 Å². The van der Waals surface area contributed by atoms with Gasteiger partial charge in [-0.25, -0.2) is 0 Å². The van der Waals surface area contributed by atoms with E-state index in [-0.39, 0.29) is 12.5 Å². The summed E-state index contributed by atoms with van der Waals surface area (Å²) in [6, 6.07) is 0. The Morgan fingerprint density at radius 2 is 1.48 bits per heavy atom. The zero-order valence-corrected chi connectivity index (χ0v) is 12.1. The van der Waals surface area contributed by atoms with E-state index in [1.165, 1.54) is 19.3 Å². The second-order valence-corrected chi connectivity index (χ2v) is 7.22. The third kappa shape index (κ3) is 2.63. The Labute approximate surface area is 123 Å². The van der Waals surface area contributed by atoms with Gasteiger partial charge in [-0.15, -0.1) is 0 Å². The molecule has 4 aliphatic rings. The molecule has 0 unspecified atom stereocenters. The molecule has 0 spiro atoms. The van der Waals surface area contributed by atoms with Crippen LogP contribution in [0.25, 0.3) is 0 Å². The van der Waals surface area contributed by atoms with E-state index >= 15 is 0 Å². The summed E-state index contributed by atoms with van der Waals surface area (Å²) in [6.45, 7) is -0.740. The molecule has 2 amide bonds. The van der Waals surface area contributed by atoms with Crippen LogP contribution >= 0.6 is 0 Å².